The van der Waals surface area contributed by atoms with Gasteiger partial charge in [-0.3, -0.25) is 0 Å². The smallest absolute Gasteiger partial charge is 0.0575 e. The van der Waals surface area contributed by atoms with Crippen LogP contribution in [-0.2, 0) is 4.74 Å². The molecule has 0 atom stereocenters. The normalized spacial score (nSPS) is 33.0. The van der Waals surface area contributed by atoms with Gasteiger partial charge in [-0.2, -0.15) is 0 Å². The molecule has 0 unspecified atom stereocenters. The lowest BCUT2D eigenvalue weighted by Crippen LogP contribution is -2.22. The van der Waals surface area contributed by atoms with E-state index in [0.29, 0.717) is 6.10 Å². The molecule has 0 amide bonds. The average molecular weight is 309 g/mol. The third kappa shape index (κ3) is 6.60. The molecule has 0 radical (unpaired) electrons. The summed E-state index contributed by atoms with van der Waals surface area (Å²) in [6.07, 6.45) is 20.4. The number of hydrogen-bond acceptors (Lipinski definition) is 1. The Kier molecular flexibility index (Phi) is 8.89. The minimum absolute atomic E-state index is 0.591. The van der Waals surface area contributed by atoms with Crippen molar-refractivity contribution in [2.45, 2.75) is 110 Å². The first kappa shape index (κ1) is 18.3. The maximum Gasteiger partial charge on any atom is 0.0575 e. The van der Waals surface area contributed by atoms with Crippen LogP contribution in [0.5, 0.6) is 0 Å². The predicted molar refractivity (Wildman–Crippen MR) is 96.2 cm³/mol. The van der Waals surface area contributed by atoms with Gasteiger partial charge in [-0.1, -0.05) is 65.2 Å². The van der Waals surface area contributed by atoms with Crippen LogP contribution >= 0.6 is 0 Å². The summed E-state index contributed by atoms with van der Waals surface area (Å²) in [5, 5.41) is 0. The Morgan fingerprint density at radius 1 is 0.636 bits per heavy atom. The Bertz CT molecular complexity index is 231. The molecule has 2 aliphatic carbocycles. The zero-order valence-electron chi connectivity index (χ0n) is 15.3. The molecule has 0 aromatic heterocycles. The summed E-state index contributed by atoms with van der Waals surface area (Å²) < 4.78 is 6.16. The van der Waals surface area contributed by atoms with Crippen LogP contribution in [0.25, 0.3) is 0 Å². The second-order valence-electron chi connectivity index (χ2n) is 8.12. The molecule has 0 aliphatic heterocycles. The third-order valence-electron chi connectivity index (χ3n) is 6.26. The van der Waals surface area contributed by atoms with Crippen molar-refractivity contribution in [3.8, 4) is 0 Å². The second kappa shape index (κ2) is 10.7. The first-order valence-electron chi connectivity index (χ1n) is 10.4. The minimum atomic E-state index is 0.591. The quantitative estimate of drug-likeness (QED) is 0.428. The van der Waals surface area contributed by atoms with Crippen molar-refractivity contribution in [2.75, 3.05) is 6.61 Å². The highest BCUT2D eigenvalue weighted by atomic mass is 16.5. The molecule has 0 saturated heterocycles. The van der Waals surface area contributed by atoms with Gasteiger partial charge in [0, 0.05) is 6.61 Å². The fourth-order valence-corrected chi connectivity index (χ4v) is 4.83. The molecule has 2 aliphatic rings. The molecule has 0 aromatic carbocycles. The first-order chi connectivity index (χ1) is 10.8. The van der Waals surface area contributed by atoms with Gasteiger partial charge in [0.2, 0.25) is 0 Å². The highest BCUT2D eigenvalue weighted by Gasteiger charge is 2.22. The number of ether oxygens (including phenoxy) is 1. The van der Waals surface area contributed by atoms with Gasteiger partial charge in [0.25, 0.3) is 0 Å². The van der Waals surface area contributed by atoms with Crippen molar-refractivity contribution in [3.63, 3.8) is 0 Å². The molecule has 2 saturated carbocycles. The van der Waals surface area contributed by atoms with E-state index >= 15 is 0 Å². The molecule has 0 spiro atoms. The molecule has 22 heavy (non-hydrogen) atoms. The third-order valence-corrected chi connectivity index (χ3v) is 6.26. The summed E-state index contributed by atoms with van der Waals surface area (Å²) in [5.41, 5.74) is 0. The molecule has 2 fully saturated rings. The van der Waals surface area contributed by atoms with Crippen LogP contribution in [-0.4, -0.2) is 12.7 Å². The molecule has 130 valence electrons. The van der Waals surface area contributed by atoms with Crippen LogP contribution < -0.4 is 0 Å². The Hall–Kier alpha value is -0.0400. The van der Waals surface area contributed by atoms with Crippen LogP contribution in [0.4, 0.5) is 0 Å². The van der Waals surface area contributed by atoms with Gasteiger partial charge >= 0.3 is 0 Å². The van der Waals surface area contributed by atoms with E-state index in [1.807, 2.05) is 0 Å². The van der Waals surface area contributed by atoms with Gasteiger partial charge < -0.3 is 4.74 Å². The topological polar surface area (TPSA) is 9.23 Å². The van der Waals surface area contributed by atoms with Crippen molar-refractivity contribution in [3.05, 3.63) is 0 Å². The van der Waals surface area contributed by atoms with Crippen LogP contribution in [0.3, 0.4) is 0 Å². The molecule has 1 heteroatoms. The number of hydrogen-bond donors (Lipinski definition) is 0. The van der Waals surface area contributed by atoms with Gasteiger partial charge in [-0.25, -0.2) is 0 Å². The molecular weight excluding hydrogens is 268 g/mol. The van der Waals surface area contributed by atoms with E-state index in [1.165, 1.54) is 89.9 Å². The van der Waals surface area contributed by atoms with Gasteiger partial charge in [0.05, 0.1) is 6.10 Å². The SMILES string of the molecule is CCCC1CCC(CCCOC2CCC(CCC)CC2)CC1. The lowest BCUT2D eigenvalue weighted by molar-refractivity contribution is 0.0133. The van der Waals surface area contributed by atoms with Crippen molar-refractivity contribution in [1.29, 1.82) is 0 Å². The van der Waals surface area contributed by atoms with E-state index in [0.717, 1.165) is 24.4 Å². The number of rotatable bonds is 9. The zero-order chi connectivity index (χ0) is 15.6. The molecule has 2 rings (SSSR count). The highest BCUT2D eigenvalue weighted by molar-refractivity contribution is 4.74. The van der Waals surface area contributed by atoms with Crippen molar-refractivity contribution in [2.24, 2.45) is 17.8 Å². The summed E-state index contributed by atoms with van der Waals surface area (Å²) in [6.45, 7) is 5.68. The Labute approximate surface area is 139 Å². The van der Waals surface area contributed by atoms with Crippen LogP contribution in [0.1, 0.15) is 104 Å². The summed E-state index contributed by atoms with van der Waals surface area (Å²) in [5.74, 6) is 3.07. The highest BCUT2D eigenvalue weighted by Crippen LogP contribution is 2.34. The fraction of sp³-hybridized carbons (Fsp3) is 1.00. The molecular formula is C21H40O. The van der Waals surface area contributed by atoms with E-state index in [4.69, 9.17) is 4.74 Å². The Balaban J connectivity index is 1.46. The van der Waals surface area contributed by atoms with E-state index in [2.05, 4.69) is 13.8 Å². The van der Waals surface area contributed by atoms with E-state index in [-0.39, 0.29) is 0 Å². The fourth-order valence-electron chi connectivity index (χ4n) is 4.83. The predicted octanol–water partition coefficient (Wildman–Crippen LogP) is 6.75. The van der Waals surface area contributed by atoms with E-state index in [1.54, 1.807) is 0 Å². The van der Waals surface area contributed by atoms with E-state index in [9.17, 15) is 0 Å². The van der Waals surface area contributed by atoms with Crippen LogP contribution in [0, 0.1) is 17.8 Å². The summed E-state index contributed by atoms with van der Waals surface area (Å²) in [4.78, 5) is 0. The zero-order valence-corrected chi connectivity index (χ0v) is 15.3. The lowest BCUT2D eigenvalue weighted by atomic mass is 9.78. The molecule has 1 nitrogen and oxygen atoms in total. The summed E-state index contributed by atoms with van der Waals surface area (Å²) in [6, 6.07) is 0. The first-order valence-corrected chi connectivity index (χ1v) is 10.4. The molecule has 0 bridgehead atoms. The van der Waals surface area contributed by atoms with Gasteiger partial charge in [-0.15, -0.1) is 0 Å². The standard InChI is InChI=1S/C21H40O/c1-3-6-18-9-11-20(12-10-18)8-5-17-22-21-15-13-19(7-4-2)14-16-21/h18-21H,3-17H2,1-2H3. The second-order valence-corrected chi connectivity index (χ2v) is 8.12. The van der Waals surface area contributed by atoms with Gasteiger partial charge in [-0.05, 0) is 56.3 Å². The molecule has 0 heterocycles. The monoisotopic (exact) mass is 308 g/mol. The lowest BCUT2D eigenvalue weighted by Gasteiger charge is -2.30. The largest absolute Gasteiger partial charge is 0.378 e. The van der Waals surface area contributed by atoms with E-state index < -0.39 is 0 Å². The summed E-state index contributed by atoms with van der Waals surface area (Å²) >= 11 is 0. The summed E-state index contributed by atoms with van der Waals surface area (Å²) in [7, 11) is 0. The van der Waals surface area contributed by atoms with Gasteiger partial charge in [0.1, 0.15) is 0 Å². The Morgan fingerprint density at radius 3 is 1.59 bits per heavy atom. The minimum Gasteiger partial charge on any atom is -0.378 e. The van der Waals surface area contributed by atoms with Crippen molar-refractivity contribution >= 4 is 0 Å². The van der Waals surface area contributed by atoms with Crippen molar-refractivity contribution in [1.82, 2.24) is 0 Å². The maximum atomic E-state index is 6.16. The van der Waals surface area contributed by atoms with Gasteiger partial charge in [0.15, 0.2) is 0 Å². The molecule has 0 N–H and O–H groups in total. The van der Waals surface area contributed by atoms with Crippen molar-refractivity contribution < 1.29 is 4.74 Å². The Morgan fingerprint density at radius 2 is 1.09 bits per heavy atom. The average Bonchev–Trinajstić information content (AvgIpc) is 2.55. The van der Waals surface area contributed by atoms with Crippen LogP contribution in [0.15, 0.2) is 0 Å². The molecule has 0 aromatic rings. The maximum absolute atomic E-state index is 6.16. The van der Waals surface area contributed by atoms with Crippen LogP contribution in [0.2, 0.25) is 0 Å².